The number of anilines is 1. The van der Waals surface area contributed by atoms with Gasteiger partial charge in [0.05, 0.1) is 5.69 Å². The maximum absolute atomic E-state index is 12.7. The Morgan fingerprint density at radius 3 is 2.80 bits per heavy atom. The van der Waals surface area contributed by atoms with Gasteiger partial charge in [0.15, 0.2) is 0 Å². The van der Waals surface area contributed by atoms with Gasteiger partial charge in [-0.05, 0) is 36.6 Å². The van der Waals surface area contributed by atoms with E-state index in [1.54, 1.807) is 12.1 Å². The van der Waals surface area contributed by atoms with E-state index in [9.17, 15) is 13.5 Å². The molecule has 6 heteroatoms. The third-order valence-electron chi connectivity index (χ3n) is 3.38. The molecule has 0 amide bonds. The maximum Gasteiger partial charge on any atom is 0.265 e. The molecular formula is C14H14N2O3S. The predicted molar refractivity (Wildman–Crippen MR) is 75.2 cm³/mol. The lowest BCUT2D eigenvalue weighted by atomic mass is 10.0. The van der Waals surface area contributed by atoms with Gasteiger partial charge in [0.1, 0.15) is 10.6 Å². The summed E-state index contributed by atoms with van der Waals surface area (Å²) in [5.41, 5.74) is 1.24. The normalized spacial score (nSPS) is 14.9. The second-order valence-corrected chi connectivity index (χ2v) is 6.52. The summed E-state index contributed by atoms with van der Waals surface area (Å²) in [7, 11) is -3.69. The van der Waals surface area contributed by atoms with Crippen molar-refractivity contribution >= 4 is 15.7 Å². The van der Waals surface area contributed by atoms with Gasteiger partial charge in [-0.25, -0.2) is 8.42 Å². The van der Waals surface area contributed by atoms with E-state index in [0.29, 0.717) is 12.2 Å². The molecular weight excluding hydrogens is 276 g/mol. The largest absolute Gasteiger partial charge is 0.506 e. The van der Waals surface area contributed by atoms with Crippen molar-refractivity contribution in [2.75, 3.05) is 10.8 Å². The molecule has 1 aliphatic heterocycles. The van der Waals surface area contributed by atoms with Crippen LogP contribution in [0.2, 0.25) is 0 Å². The zero-order chi connectivity index (χ0) is 14.2. The number of aryl methyl sites for hydroxylation is 1. The summed E-state index contributed by atoms with van der Waals surface area (Å²) in [5, 5.41) is 10.0. The number of aromatic nitrogens is 1. The average Bonchev–Trinajstić information content (AvgIpc) is 2.48. The van der Waals surface area contributed by atoms with E-state index in [4.69, 9.17) is 0 Å². The van der Waals surface area contributed by atoms with Gasteiger partial charge >= 0.3 is 0 Å². The molecule has 20 heavy (non-hydrogen) atoms. The Balaban J connectivity index is 2.14. The minimum atomic E-state index is -3.69. The molecule has 0 fully saturated rings. The molecule has 0 bridgehead atoms. The number of phenols is 1. The van der Waals surface area contributed by atoms with Crippen LogP contribution >= 0.6 is 0 Å². The molecule has 1 aromatic heterocycles. The van der Waals surface area contributed by atoms with Crippen LogP contribution < -0.4 is 4.31 Å². The van der Waals surface area contributed by atoms with E-state index in [1.165, 1.54) is 28.8 Å². The van der Waals surface area contributed by atoms with E-state index < -0.39 is 10.0 Å². The van der Waals surface area contributed by atoms with Crippen LogP contribution in [-0.4, -0.2) is 25.1 Å². The zero-order valence-electron chi connectivity index (χ0n) is 10.7. The van der Waals surface area contributed by atoms with Crippen LogP contribution in [0.25, 0.3) is 0 Å². The SMILES string of the molecule is O=S(=O)(c1cccnc1)N1CCCc2cccc(O)c21. The lowest BCUT2D eigenvalue weighted by molar-refractivity contribution is 0.472. The first-order valence-electron chi connectivity index (χ1n) is 6.34. The van der Waals surface area contributed by atoms with Crippen LogP contribution in [0.1, 0.15) is 12.0 Å². The van der Waals surface area contributed by atoms with Crippen molar-refractivity contribution in [2.45, 2.75) is 17.7 Å². The number of aromatic hydroxyl groups is 1. The van der Waals surface area contributed by atoms with E-state index >= 15 is 0 Å². The summed E-state index contributed by atoms with van der Waals surface area (Å²) in [6.07, 6.45) is 4.35. The van der Waals surface area contributed by atoms with E-state index in [1.807, 2.05) is 6.07 Å². The number of phenolic OH excluding ortho intramolecular Hbond substituents is 1. The zero-order valence-corrected chi connectivity index (χ0v) is 11.5. The first-order valence-corrected chi connectivity index (χ1v) is 7.78. The lowest BCUT2D eigenvalue weighted by Gasteiger charge is -2.30. The lowest BCUT2D eigenvalue weighted by Crippen LogP contribution is -2.35. The standard InChI is InChI=1S/C14H14N2O3S/c17-13-7-1-4-11-5-3-9-16(14(11)13)20(18,19)12-6-2-8-15-10-12/h1-2,4,6-8,10,17H,3,5,9H2. The minimum absolute atomic E-state index is 0.00494. The second kappa shape index (κ2) is 4.79. The number of rotatable bonds is 2. The van der Waals surface area contributed by atoms with Crippen molar-refractivity contribution in [1.29, 1.82) is 0 Å². The Hall–Kier alpha value is -2.08. The molecule has 0 atom stereocenters. The maximum atomic E-state index is 12.7. The van der Waals surface area contributed by atoms with E-state index in [2.05, 4.69) is 4.98 Å². The Kier molecular flexibility index (Phi) is 3.10. The highest BCUT2D eigenvalue weighted by molar-refractivity contribution is 7.92. The highest BCUT2D eigenvalue weighted by atomic mass is 32.2. The third kappa shape index (κ3) is 2.02. The number of hydrogen-bond donors (Lipinski definition) is 1. The number of benzene rings is 1. The molecule has 1 aromatic carbocycles. The van der Waals surface area contributed by atoms with Crippen molar-refractivity contribution in [3.63, 3.8) is 0 Å². The number of fused-ring (bicyclic) bond motifs is 1. The summed E-state index contributed by atoms with van der Waals surface area (Å²) >= 11 is 0. The number of hydrogen-bond acceptors (Lipinski definition) is 4. The molecule has 104 valence electrons. The van der Waals surface area contributed by atoms with Crippen LogP contribution in [0, 0.1) is 0 Å². The fraction of sp³-hybridized carbons (Fsp3) is 0.214. The fourth-order valence-corrected chi connectivity index (χ4v) is 3.98. The summed E-state index contributed by atoms with van der Waals surface area (Å²) in [4.78, 5) is 3.99. The molecule has 0 unspecified atom stereocenters. The number of pyridine rings is 1. The van der Waals surface area contributed by atoms with Gasteiger partial charge in [0.2, 0.25) is 0 Å². The first-order chi connectivity index (χ1) is 9.60. The smallest absolute Gasteiger partial charge is 0.265 e. The van der Waals surface area contributed by atoms with Gasteiger partial charge < -0.3 is 5.11 Å². The molecule has 3 rings (SSSR count). The Morgan fingerprint density at radius 2 is 2.05 bits per heavy atom. The van der Waals surface area contributed by atoms with Gasteiger partial charge in [-0.3, -0.25) is 9.29 Å². The van der Waals surface area contributed by atoms with Crippen molar-refractivity contribution in [1.82, 2.24) is 4.98 Å². The monoisotopic (exact) mass is 290 g/mol. The number of sulfonamides is 1. The van der Waals surface area contributed by atoms with Crippen LogP contribution in [0.5, 0.6) is 5.75 Å². The summed E-state index contributed by atoms with van der Waals surface area (Å²) in [6, 6.07) is 8.18. The van der Waals surface area contributed by atoms with Gasteiger partial charge in [0, 0.05) is 18.9 Å². The second-order valence-electron chi connectivity index (χ2n) is 4.65. The van der Waals surface area contributed by atoms with Crippen molar-refractivity contribution in [3.8, 4) is 5.75 Å². The molecule has 2 aromatic rings. The predicted octanol–water partition coefficient (Wildman–Crippen LogP) is 1.93. The summed E-state index contributed by atoms with van der Waals surface area (Å²) in [5.74, 6) is -0.00494. The van der Waals surface area contributed by atoms with Gasteiger partial charge in [-0.2, -0.15) is 0 Å². The Morgan fingerprint density at radius 1 is 1.20 bits per heavy atom. The number of nitrogens with zero attached hydrogens (tertiary/aromatic N) is 2. The van der Waals surface area contributed by atoms with Gasteiger partial charge in [-0.15, -0.1) is 0 Å². The average molecular weight is 290 g/mol. The van der Waals surface area contributed by atoms with Crippen molar-refractivity contribution in [3.05, 3.63) is 48.3 Å². The molecule has 0 spiro atoms. The van der Waals surface area contributed by atoms with Crippen molar-refractivity contribution < 1.29 is 13.5 Å². The number of para-hydroxylation sites is 1. The molecule has 1 N–H and O–H groups in total. The van der Waals surface area contributed by atoms with Crippen LogP contribution in [-0.2, 0) is 16.4 Å². The molecule has 2 heterocycles. The summed E-state index contributed by atoms with van der Waals surface area (Å²) < 4.78 is 26.6. The van der Waals surface area contributed by atoms with Crippen LogP contribution in [0.15, 0.2) is 47.6 Å². The first kappa shape index (κ1) is 12.9. The van der Waals surface area contributed by atoms with E-state index in [-0.39, 0.29) is 10.6 Å². The molecule has 0 radical (unpaired) electrons. The third-order valence-corrected chi connectivity index (χ3v) is 5.16. The van der Waals surface area contributed by atoms with Gasteiger partial charge in [-0.1, -0.05) is 12.1 Å². The summed E-state index contributed by atoms with van der Waals surface area (Å²) in [6.45, 7) is 0.363. The molecule has 0 saturated heterocycles. The van der Waals surface area contributed by atoms with Gasteiger partial charge in [0.25, 0.3) is 10.0 Å². The molecule has 0 aliphatic carbocycles. The minimum Gasteiger partial charge on any atom is -0.506 e. The Bertz CT molecular complexity index is 729. The highest BCUT2D eigenvalue weighted by Gasteiger charge is 2.31. The highest BCUT2D eigenvalue weighted by Crippen LogP contribution is 2.38. The quantitative estimate of drug-likeness (QED) is 0.917. The molecule has 5 nitrogen and oxygen atoms in total. The fourth-order valence-electron chi connectivity index (χ4n) is 2.46. The topological polar surface area (TPSA) is 70.5 Å². The molecule has 0 saturated carbocycles. The van der Waals surface area contributed by atoms with Crippen LogP contribution in [0.3, 0.4) is 0 Å². The molecule has 1 aliphatic rings. The van der Waals surface area contributed by atoms with Crippen LogP contribution in [0.4, 0.5) is 5.69 Å². The van der Waals surface area contributed by atoms with E-state index in [0.717, 1.165) is 18.4 Å². The van der Waals surface area contributed by atoms with Crippen molar-refractivity contribution in [2.24, 2.45) is 0 Å². The Labute approximate surface area is 117 Å².